The predicted octanol–water partition coefficient (Wildman–Crippen LogP) is 6.54. The lowest BCUT2D eigenvalue weighted by Gasteiger charge is -2.50. The molecule has 2 aliphatic heterocycles. The highest BCUT2D eigenvalue weighted by Crippen LogP contribution is 2.66. The van der Waals surface area contributed by atoms with Crippen LogP contribution in [0.25, 0.3) is 0 Å². The second kappa shape index (κ2) is 12.0. The van der Waals surface area contributed by atoms with Crippen molar-refractivity contribution in [2.45, 2.75) is 28.5 Å². The number of amides is 4. The SMILES string of the molecule is COc1cc([C@H]2C3=CC[C@@H]4C(=O)N(c5ccc([N+](=O)[O-])cc5)C(=O)[C@@H]4[C@@H]3C[C@@]3(Cl)C(=O)N(c4c(F)c(F)c(F)c(F)c4F)C(=O)[C@@]23Cl)cc(Br)c1O. The van der Waals surface area contributed by atoms with Crippen molar-refractivity contribution in [3.63, 3.8) is 0 Å². The van der Waals surface area contributed by atoms with Crippen LogP contribution >= 0.6 is 39.1 Å². The molecule has 2 saturated heterocycles. The molecule has 0 bridgehead atoms. The molecule has 2 aliphatic carbocycles. The third-order valence-corrected chi connectivity index (χ3v) is 12.2. The van der Waals surface area contributed by atoms with Gasteiger partial charge in [-0.2, -0.15) is 0 Å². The first kappa shape index (κ1) is 35.8. The number of anilines is 2. The lowest BCUT2D eigenvalue weighted by atomic mass is 9.56. The molecule has 1 saturated carbocycles. The van der Waals surface area contributed by atoms with Crippen molar-refractivity contribution in [3.05, 3.63) is 97.3 Å². The number of carbonyl (C=O) groups excluding carboxylic acids is 4. The van der Waals surface area contributed by atoms with Crippen LogP contribution in [-0.4, -0.2) is 50.5 Å². The van der Waals surface area contributed by atoms with Crippen molar-refractivity contribution in [2.24, 2.45) is 17.8 Å². The summed E-state index contributed by atoms with van der Waals surface area (Å²) < 4.78 is 78.7. The summed E-state index contributed by atoms with van der Waals surface area (Å²) in [7, 11) is 1.19. The van der Waals surface area contributed by atoms with Gasteiger partial charge >= 0.3 is 0 Å². The zero-order valence-corrected chi connectivity index (χ0v) is 29.0. The third-order valence-electron chi connectivity index (χ3n) is 10.1. The molecule has 0 unspecified atom stereocenters. The van der Waals surface area contributed by atoms with Crippen LogP contribution in [0.2, 0.25) is 0 Å². The van der Waals surface area contributed by atoms with E-state index in [9.17, 15) is 47.6 Å². The topological polar surface area (TPSA) is 147 Å². The number of carbonyl (C=O) groups is 4. The van der Waals surface area contributed by atoms with Gasteiger partial charge in [-0.05, 0) is 64.5 Å². The second-order valence-electron chi connectivity index (χ2n) is 12.5. The number of methoxy groups -OCH3 is 1. The highest BCUT2D eigenvalue weighted by molar-refractivity contribution is 9.10. The number of aromatic hydroxyl groups is 1. The number of phenolic OH excluding ortho intramolecular Hbond substituents is 1. The van der Waals surface area contributed by atoms with E-state index in [1.807, 2.05) is 0 Å². The average molecular weight is 831 g/mol. The number of hydrogen-bond donors (Lipinski definition) is 1. The van der Waals surface area contributed by atoms with E-state index in [0.29, 0.717) is 0 Å². The van der Waals surface area contributed by atoms with Crippen molar-refractivity contribution in [3.8, 4) is 11.5 Å². The fourth-order valence-corrected chi connectivity index (χ4v) is 9.23. The summed E-state index contributed by atoms with van der Waals surface area (Å²) in [6.07, 6.45) is 0.623. The van der Waals surface area contributed by atoms with Crippen LogP contribution in [0.1, 0.15) is 24.3 Å². The Morgan fingerprint density at radius 2 is 1.50 bits per heavy atom. The summed E-state index contributed by atoms with van der Waals surface area (Å²) in [6.45, 7) is 0. The lowest BCUT2D eigenvalue weighted by molar-refractivity contribution is -0.384. The van der Waals surface area contributed by atoms with Gasteiger partial charge in [0.05, 0.1) is 34.0 Å². The minimum atomic E-state index is -2.79. The Hall–Kier alpha value is -4.61. The summed E-state index contributed by atoms with van der Waals surface area (Å²) in [5.74, 6) is -23.1. The van der Waals surface area contributed by atoms with Gasteiger partial charge in [-0.1, -0.05) is 11.6 Å². The molecule has 0 radical (unpaired) electrons. The van der Waals surface area contributed by atoms with Crippen LogP contribution < -0.4 is 14.5 Å². The van der Waals surface area contributed by atoms with Crippen LogP contribution in [0.5, 0.6) is 11.5 Å². The maximum Gasteiger partial charge on any atom is 0.269 e. The van der Waals surface area contributed by atoms with Crippen LogP contribution in [0.4, 0.5) is 39.0 Å². The fraction of sp³-hybridized carbons (Fsp3) is 0.273. The Morgan fingerprint density at radius 3 is 2.08 bits per heavy atom. The summed E-state index contributed by atoms with van der Waals surface area (Å²) in [6, 6.07) is 7.03. The molecule has 4 aliphatic rings. The molecule has 1 N–H and O–H groups in total. The molecular weight excluding hydrogens is 812 g/mol. The van der Waals surface area contributed by atoms with Gasteiger partial charge in [0.25, 0.3) is 17.5 Å². The first-order chi connectivity index (χ1) is 24.4. The van der Waals surface area contributed by atoms with E-state index in [1.165, 1.54) is 37.5 Å². The van der Waals surface area contributed by atoms with Crippen molar-refractivity contribution in [1.82, 2.24) is 0 Å². The second-order valence-corrected chi connectivity index (χ2v) is 14.6. The minimum absolute atomic E-state index is 0.000332. The van der Waals surface area contributed by atoms with Crippen LogP contribution in [0.3, 0.4) is 0 Å². The van der Waals surface area contributed by atoms with E-state index in [-0.39, 0.29) is 44.1 Å². The van der Waals surface area contributed by atoms with E-state index in [1.54, 1.807) is 0 Å². The Bertz CT molecular complexity index is 2200. The first-order valence-electron chi connectivity index (χ1n) is 15.1. The van der Waals surface area contributed by atoms with Crippen LogP contribution in [0.15, 0.2) is 52.5 Å². The van der Waals surface area contributed by atoms with Gasteiger partial charge in [0.1, 0.15) is 5.69 Å². The molecule has 3 aromatic rings. The average Bonchev–Trinajstić information content (AvgIpc) is 3.45. The standard InChI is InChI=1S/C33H19BrCl2F5N3O8/c1-52-18-9-11(8-17(34)27(18)45)20-14-6-7-15-19(29(47)42(28(15)46)12-2-4-13(5-3-12)44(50)51)16(14)10-32(35)30(48)43(31(49)33(20,32)36)26-24(40)22(38)21(37)23(39)25(26)41/h2-6,8-9,15-16,19-20,45H,7,10H2,1H3/t15-,16+,19-,20-,32+,33-/m0/s1. The number of nitro groups is 1. The highest BCUT2D eigenvalue weighted by atomic mass is 79.9. The number of fused-ring (bicyclic) bond motifs is 4. The number of ether oxygens (including phenoxy) is 1. The Kier molecular flexibility index (Phi) is 8.23. The zero-order chi connectivity index (χ0) is 37.9. The number of nitrogens with zero attached hydrogens (tertiary/aromatic N) is 3. The van der Waals surface area contributed by atoms with Crippen molar-refractivity contribution in [1.29, 1.82) is 0 Å². The van der Waals surface area contributed by atoms with E-state index < -0.39 is 109 Å². The Balaban J connectivity index is 1.43. The zero-order valence-electron chi connectivity index (χ0n) is 25.9. The molecule has 4 amide bonds. The van der Waals surface area contributed by atoms with Crippen molar-refractivity contribution < 1.29 is 55.9 Å². The molecule has 270 valence electrons. The minimum Gasteiger partial charge on any atom is -0.503 e. The van der Waals surface area contributed by atoms with Gasteiger partial charge in [0.2, 0.25) is 17.6 Å². The monoisotopic (exact) mass is 829 g/mol. The van der Waals surface area contributed by atoms with Gasteiger partial charge in [-0.25, -0.2) is 26.9 Å². The van der Waals surface area contributed by atoms with Crippen molar-refractivity contribution >= 4 is 79.8 Å². The van der Waals surface area contributed by atoms with E-state index in [0.717, 1.165) is 17.0 Å². The maximum absolute atomic E-state index is 15.2. The molecular formula is C33H19BrCl2F5N3O8. The summed E-state index contributed by atoms with van der Waals surface area (Å²) >= 11 is 17.4. The number of halogens is 8. The van der Waals surface area contributed by atoms with Gasteiger partial charge in [0, 0.05) is 18.1 Å². The Labute approximate surface area is 306 Å². The molecule has 7 rings (SSSR count). The first-order valence-corrected chi connectivity index (χ1v) is 16.6. The number of phenols is 1. The number of allylic oxidation sites excluding steroid dienone is 2. The normalized spacial score (nSPS) is 28.1. The highest BCUT2D eigenvalue weighted by Gasteiger charge is 2.77. The molecule has 11 nitrogen and oxygen atoms in total. The lowest BCUT2D eigenvalue weighted by Crippen LogP contribution is -2.60. The predicted molar refractivity (Wildman–Crippen MR) is 174 cm³/mol. The Morgan fingerprint density at radius 1 is 0.904 bits per heavy atom. The quantitative estimate of drug-likeness (QED) is 0.0446. The number of rotatable bonds is 5. The molecule has 6 atom stereocenters. The van der Waals surface area contributed by atoms with Crippen molar-refractivity contribution in [2.75, 3.05) is 16.9 Å². The maximum atomic E-state index is 15.2. The molecule has 2 heterocycles. The molecule has 3 fully saturated rings. The molecule has 0 spiro atoms. The number of non-ortho nitro benzene ring substituents is 1. The van der Waals surface area contributed by atoms with E-state index in [4.69, 9.17) is 27.9 Å². The molecule has 19 heteroatoms. The summed E-state index contributed by atoms with van der Waals surface area (Å²) in [4.78, 5) is 62.2. The van der Waals surface area contributed by atoms with E-state index >= 15 is 8.78 Å². The third kappa shape index (κ3) is 4.54. The number of nitro benzene ring substituents is 1. The molecule has 52 heavy (non-hydrogen) atoms. The smallest absolute Gasteiger partial charge is 0.269 e. The fourth-order valence-electron chi connectivity index (χ4n) is 7.83. The molecule has 0 aromatic heterocycles. The number of imide groups is 2. The summed E-state index contributed by atoms with van der Waals surface area (Å²) in [5.41, 5.74) is -2.08. The van der Waals surface area contributed by atoms with Gasteiger partial charge in [0.15, 0.2) is 44.5 Å². The summed E-state index contributed by atoms with van der Waals surface area (Å²) in [5, 5.41) is 21.8. The van der Waals surface area contributed by atoms with Crippen LogP contribution in [-0.2, 0) is 19.2 Å². The van der Waals surface area contributed by atoms with E-state index in [2.05, 4.69) is 15.9 Å². The molecule has 3 aromatic carbocycles. The van der Waals surface area contributed by atoms with Crippen LogP contribution in [0, 0.1) is 57.0 Å². The number of benzene rings is 3. The number of alkyl halides is 2. The number of hydrogen-bond acceptors (Lipinski definition) is 8. The largest absolute Gasteiger partial charge is 0.503 e. The van der Waals surface area contributed by atoms with Gasteiger partial charge in [-0.3, -0.25) is 34.2 Å². The van der Waals surface area contributed by atoms with Gasteiger partial charge in [-0.15, -0.1) is 23.2 Å². The van der Waals surface area contributed by atoms with Gasteiger partial charge < -0.3 is 9.84 Å².